The highest BCUT2D eigenvalue weighted by Crippen LogP contribution is 2.18. The zero-order valence-electron chi connectivity index (χ0n) is 12.3. The molecule has 1 unspecified atom stereocenters. The van der Waals surface area contributed by atoms with Crippen molar-refractivity contribution in [1.82, 2.24) is 20.3 Å². The van der Waals surface area contributed by atoms with Crippen LogP contribution in [0.5, 0.6) is 0 Å². The Bertz CT molecular complexity index is 504. The van der Waals surface area contributed by atoms with Crippen molar-refractivity contribution >= 4 is 11.8 Å². The summed E-state index contributed by atoms with van der Waals surface area (Å²) in [7, 11) is 3.38. The Hall–Kier alpha value is -1.89. The number of carbonyl (C=O) groups excluding carboxylic acids is 2. The lowest BCUT2D eigenvalue weighted by Crippen LogP contribution is -2.59. The van der Waals surface area contributed by atoms with E-state index in [2.05, 4.69) is 10.5 Å². The number of nitrogens with zero attached hydrogens (tertiary/aromatic N) is 3. The van der Waals surface area contributed by atoms with Crippen LogP contribution in [0.25, 0.3) is 0 Å². The second-order valence-electron chi connectivity index (χ2n) is 5.15. The van der Waals surface area contributed by atoms with Crippen molar-refractivity contribution in [1.29, 1.82) is 0 Å². The Kier molecular flexibility index (Phi) is 4.08. The molecule has 0 bridgehead atoms. The van der Waals surface area contributed by atoms with E-state index in [9.17, 15) is 9.59 Å². The van der Waals surface area contributed by atoms with Crippen molar-refractivity contribution in [2.75, 3.05) is 33.7 Å². The third kappa shape index (κ3) is 2.53. The molecule has 1 fully saturated rings. The van der Waals surface area contributed by atoms with E-state index in [1.165, 1.54) is 4.90 Å². The fraction of sp³-hybridized carbons (Fsp3) is 0.615. The van der Waals surface area contributed by atoms with Gasteiger partial charge in [0.2, 0.25) is 5.91 Å². The molecule has 0 aliphatic carbocycles. The topological polar surface area (TPSA) is 78.7 Å². The fourth-order valence-electron chi connectivity index (χ4n) is 2.40. The molecule has 1 aliphatic rings. The summed E-state index contributed by atoms with van der Waals surface area (Å²) in [6, 6.07) is -0.486. The summed E-state index contributed by atoms with van der Waals surface area (Å²) in [5.74, 6) is 0.211. The van der Waals surface area contributed by atoms with Crippen molar-refractivity contribution in [2.45, 2.75) is 19.9 Å². The first-order valence-corrected chi connectivity index (χ1v) is 6.59. The molecule has 1 atom stereocenters. The van der Waals surface area contributed by atoms with Crippen LogP contribution in [0.2, 0.25) is 0 Å². The molecule has 20 heavy (non-hydrogen) atoms. The maximum absolute atomic E-state index is 12.7. The Morgan fingerprint density at radius 1 is 1.40 bits per heavy atom. The maximum atomic E-state index is 12.7. The zero-order chi connectivity index (χ0) is 14.9. The first-order valence-electron chi connectivity index (χ1n) is 6.59. The Morgan fingerprint density at radius 2 is 2.10 bits per heavy atom. The summed E-state index contributed by atoms with van der Waals surface area (Å²) in [6.07, 6.45) is 0. The molecule has 110 valence electrons. The van der Waals surface area contributed by atoms with Crippen molar-refractivity contribution in [2.24, 2.45) is 0 Å². The van der Waals surface area contributed by atoms with Gasteiger partial charge in [-0.05, 0) is 13.8 Å². The predicted molar refractivity (Wildman–Crippen MR) is 72.4 cm³/mol. The van der Waals surface area contributed by atoms with Crippen LogP contribution in [0.15, 0.2) is 4.52 Å². The summed E-state index contributed by atoms with van der Waals surface area (Å²) in [6.45, 7) is 5.07. The Labute approximate surface area is 117 Å². The van der Waals surface area contributed by atoms with Crippen LogP contribution in [0.4, 0.5) is 0 Å². The number of hydrogen-bond acceptors (Lipinski definition) is 5. The van der Waals surface area contributed by atoms with Gasteiger partial charge in [0.05, 0.1) is 5.69 Å². The summed E-state index contributed by atoms with van der Waals surface area (Å²) >= 11 is 0. The van der Waals surface area contributed by atoms with Crippen LogP contribution in [0, 0.1) is 13.8 Å². The number of amides is 2. The van der Waals surface area contributed by atoms with Gasteiger partial charge >= 0.3 is 0 Å². The molecule has 2 rings (SSSR count). The molecular weight excluding hydrogens is 260 g/mol. The predicted octanol–water partition coefficient (Wildman–Crippen LogP) is -0.206. The average Bonchev–Trinajstić information content (AvgIpc) is 2.76. The van der Waals surface area contributed by atoms with Crippen LogP contribution in [0.3, 0.4) is 0 Å². The van der Waals surface area contributed by atoms with Gasteiger partial charge in [0.15, 0.2) is 0 Å². The first-order chi connectivity index (χ1) is 9.43. The van der Waals surface area contributed by atoms with E-state index in [4.69, 9.17) is 4.52 Å². The van der Waals surface area contributed by atoms with Crippen LogP contribution < -0.4 is 5.32 Å². The Morgan fingerprint density at radius 3 is 2.65 bits per heavy atom. The molecule has 0 radical (unpaired) electrons. The van der Waals surface area contributed by atoms with Crippen LogP contribution in [0.1, 0.15) is 21.8 Å². The molecule has 2 heterocycles. The van der Waals surface area contributed by atoms with Crippen LogP contribution >= 0.6 is 0 Å². The van der Waals surface area contributed by atoms with Gasteiger partial charge in [-0.2, -0.15) is 0 Å². The fourth-order valence-corrected chi connectivity index (χ4v) is 2.40. The molecule has 1 aliphatic heterocycles. The van der Waals surface area contributed by atoms with Gasteiger partial charge in [-0.25, -0.2) is 0 Å². The highest BCUT2D eigenvalue weighted by atomic mass is 16.5. The molecule has 0 aromatic carbocycles. The van der Waals surface area contributed by atoms with Gasteiger partial charge in [0.1, 0.15) is 17.4 Å². The monoisotopic (exact) mass is 280 g/mol. The molecular formula is C13H20N4O3. The molecule has 2 amide bonds. The number of aryl methyl sites for hydroxylation is 2. The minimum absolute atomic E-state index is 0.0858. The van der Waals surface area contributed by atoms with Gasteiger partial charge in [0, 0.05) is 33.7 Å². The van der Waals surface area contributed by atoms with E-state index in [1.807, 2.05) is 0 Å². The summed E-state index contributed by atoms with van der Waals surface area (Å²) in [5, 5.41) is 6.95. The second kappa shape index (κ2) is 5.62. The lowest BCUT2D eigenvalue weighted by molar-refractivity contribution is -0.134. The third-order valence-electron chi connectivity index (χ3n) is 3.48. The van der Waals surface area contributed by atoms with E-state index in [0.717, 1.165) is 0 Å². The van der Waals surface area contributed by atoms with Gasteiger partial charge in [-0.3, -0.25) is 9.59 Å². The highest BCUT2D eigenvalue weighted by Gasteiger charge is 2.35. The summed E-state index contributed by atoms with van der Waals surface area (Å²) in [4.78, 5) is 28.0. The minimum Gasteiger partial charge on any atom is -0.361 e. The number of aromatic nitrogens is 1. The van der Waals surface area contributed by atoms with Gasteiger partial charge in [-0.1, -0.05) is 5.16 Å². The smallest absolute Gasteiger partial charge is 0.260 e. The highest BCUT2D eigenvalue weighted by molar-refractivity contribution is 5.99. The van der Waals surface area contributed by atoms with Crippen molar-refractivity contribution in [3.05, 3.63) is 17.0 Å². The number of likely N-dealkylation sites (N-methyl/N-ethyl adjacent to an activating group) is 1. The number of hydrogen-bond donors (Lipinski definition) is 1. The molecule has 1 N–H and O–H groups in total. The molecule has 1 aromatic rings. The van der Waals surface area contributed by atoms with Gasteiger partial charge < -0.3 is 19.6 Å². The Balaban J connectivity index is 2.29. The SMILES string of the molecule is Cc1noc(C)c1C(=O)N1CCNCC1C(=O)N(C)C. The minimum atomic E-state index is -0.486. The summed E-state index contributed by atoms with van der Waals surface area (Å²) in [5.41, 5.74) is 1.02. The van der Waals surface area contributed by atoms with E-state index >= 15 is 0 Å². The number of carbonyl (C=O) groups is 2. The number of piperazine rings is 1. The van der Waals surface area contributed by atoms with Gasteiger partial charge in [-0.15, -0.1) is 0 Å². The lowest BCUT2D eigenvalue weighted by atomic mass is 10.1. The largest absolute Gasteiger partial charge is 0.361 e. The lowest BCUT2D eigenvalue weighted by Gasteiger charge is -2.36. The standard InChI is InChI=1S/C13H20N4O3/c1-8-11(9(2)20-15-8)13(19)17-6-5-14-7-10(17)12(18)16(3)4/h10,14H,5-7H2,1-4H3. The molecule has 1 saturated heterocycles. The third-order valence-corrected chi connectivity index (χ3v) is 3.48. The van der Waals surface area contributed by atoms with E-state index in [0.29, 0.717) is 36.7 Å². The number of nitrogens with one attached hydrogen (secondary N) is 1. The summed E-state index contributed by atoms with van der Waals surface area (Å²) < 4.78 is 5.04. The van der Waals surface area contributed by atoms with Crippen molar-refractivity contribution < 1.29 is 14.1 Å². The van der Waals surface area contributed by atoms with Crippen LogP contribution in [-0.2, 0) is 4.79 Å². The van der Waals surface area contributed by atoms with Crippen LogP contribution in [-0.4, -0.2) is 66.5 Å². The maximum Gasteiger partial charge on any atom is 0.260 e. The quantitative estimate of drug-likeness (QED) is 0.811. The number of rotatable bonds is 2. The normalized spacial score (nSPS) is 19.0. The molecule has 7 nitrogen and oxygen atoms in total. The zero-order valence-corrected chi connectivity index (χ0v) is 12.3. The van der Waals surface area contributed by atoms with Crippen molar-refractivity contribution in [3.8, 4) is 0 Å². The molecule has 0 saturated carbocycles. The first kappa shape index (κ1) is 14.5. The van der Waals surface area contributed by atoms with Gasteiger partial charge in [0.25, 0.3) is 5.91 Å². The molecule has 1 aromatic heterocycles. The van der Waals surface area contributed by atoms with E-state index in [1.54, 1.807) is 32.8 Å². The average molecular weight is 280 g/mol. The molecule has 0 spiro atoms. The van der Waals surface area contributed by atoms with E-state index < -0.39 is 6.04 Å². The molecule has 7 heteroatoms. The van der Waals surface area contributed by atoms with Crippen molar-refractivity contribution in [3.63, 3.8) is 0 Å². The van der Waals surface area contributed by atoms with E-state index in [-0.39, 0.29) is 11.8 Å². The second-order valence-corrected chi connectivity index (χ2v) is 5.15.